The highest BCUT2D eigenvalue weighted by atomic mass is 35.5. The summed E-state index contributed by atoms with van der Waals surface area (Å²) < 4.78 is 5.14. The van der Waals surface area contributed by atoms with Crippen LogP contribution in [0.4, 0.5) is 0 Å². The zero-order chi connectivity index (χ0) is 18.2. The highest BCUT2D eigenvalue weighted by molar-refractivity contribution is 6.30. The fraction of sp³-hybridized carbons (Fsp3) is 0.250. The number of aliphatic hydroxyl groups excluding tert-OH is 1. The average molecular weight is 358 g/mol. The number of aliphatic hydroxyl groups is 1. The predicted molar refractivity (Wildman–Crippen MR) is 99.6 cm³/mol. The van der Waals surface area contributed by atoms with E-state index in [0.29, 0.717) is 16.2 Å². The molecule has 0 aromatic heterocycles. The Morgan fingerprint density at radius 2 is 1.80 bits per heavy atom. The molecule has 0 fully saturated rings. The molecule has 1 heterocycles. The smallest absolute Gasteiger partial charge is 0.256 e. The monoisotopic (exact) mass is 357 g/mol. The van der Waals surface area contributed by atoms with Crippen molar-refractivity contribution < 1.29 is 14.6 Å². The van der Waals surface area contributed by atoms with Gasteiger partial charge in [-0.15, -0.1) is 0 Å². The number of halogens is 1. The molecule has 1 aliphatic heterocycles. The summed E-state index contributed by atoms with van der Waals surface area (Å²) in [5, 5.41) is 14.2. The van der Waals surface area contributed by atoms with Gasteiger partial charge in [-0.05, 0) is 54.3 Å². The second-order valence-corrected chi connectivity index (χ2v) is 6.92. The van der Waals surface area contributed by atoms with Crippen molar-refractivity contribution in [3.8, 4) is 11.1 Å². The Morgan fingerprint density at radius 1 is 1.16 bits per heavy atom. The van der Waals surface area contributed by atoms with Crippen LogP contribution in [0, 0.1) is 6.92 Å². The molecule has 1 amide bonds. The summed E-state index contributed by atoms with van der Waals surface area (Å²) in [6.45, 7) is 3.86. The fourth-order valence-electron chi connectivity index (χ4n) is 3.11. The molecule has 4 nitrogen and oxygen atoms in total. The van der Waals surface area contributed by atoms with Gasteiger partial charge in [0.15, 0.2) is 0 Å². The Morgan fingerprint density at radius 3 is 2.44 bits per heavy atom. The van der Waals surface area contributed by atoms with Crippen molar-refractivity contribution in [2.24, 2.45) is 0 Å². The van der Waals surface area contributed by atoms with E-state index in [0.717, 1.165) is 16.7 Å². The number of methoxy groups -OCH3 is 1. The van der Waals surface area contributed by atoms with Crippen molar-refractivity contribution in [1.82, 2.24) is 5.32 Å². The zero-order valence-electron chi connectivity index (χ0n) is 14.4. The Hall–Kier alpha value is -2.30. The lowest BCUT2D eigenvalue weighted by atomic mass is 9.92. The third-order valence-electron chi connectivity index (χ3n) is 4.49. The van der Waals surface area contributed by atoms with E-state index in [9.17, 15) is 9.90 Å². The first-order chi connectivity index (χ1) is 11.9. The van der Waals surface area contributed by atoms with Crippen molar-refractivity contribution in [1.29, 1.82) is 0 Å². The van der Waals surface area contributed by atoms with Crippen LogP contribution in [0.15, 0.2) is 48.2 Å². The van der Waals surface area contributed by atoms with Crippen LogP contribution in [0.25, 0.3) is 16.7 Å². The van der Waals surface area contributed by atoms with Gasteiger partial charge >= 0.3 is 0 Å². The van der Waals surface area contributed by atoms with Crippen LogP contribution in [-0.2, 0) is 9.53 Å². The first-order valence-corrected chi connectivity index (χ1v) is 8.35. The maximum atomic E-state index is 12.5. The third kappa shape index (κ3) is 3.15. The Balaban J connectivity index is 2.11. The van der Waals surface area contributed by atoms with E-state index in [1.54, 1.807) is 6.92 Å². The molecule has 130 valence electrons. The van der Waals surface area contributed by atoms with Gasteiger partial charge < -0.3 is 15.2 Å². The van der Waals surface area contributed by atoms with Gasteiger partial charge in [-0.2, -0.15) is 0 Å². The molecule has 25 heavy (non-hydrogen) atoms. The summed E-state index contributed by atoms with van der Waals surface area (Å²) in [5.74, 6) is -0.288. The first kappa shape index (κ1) is 17.5. The molecule has 3 rings (SSSR count). The van der Waals surface area contributed by atoms with Gasteiger partial charge in [-0.1, -0.05) is 35.9 Å². The van der Waals surface area contributed by atoms with Crippen molar-refractivity contribution in [3.05, 3.63) is 64.4 Å². The average Bonchev–Trinajstić information content (AvgIpc) is 2.79. The summed E-state index contributed by atoms with van der Waals surface area (Å²) in [4.78, 5) is 12.5. The van der Waals surface area contributed by atoms with E-state index in [1.807, 2.05) is 49.4 Å². The SMILES string of the molecule is COCC1(C)NC(=O)C(c2cc(-c3ccc(Cl)cc3)ccc2C)=C1O. The molecule has 1 aliphatic rings. The normalized spacial score (nSPS) is 20.1. The highest BCUT2D eigenvalue weighted by Crippen LogP contribution is 2.35. The quantitative estimate of drug-likeness (QED) is 0.865. The van der Waals surface area contributed by atoms with E-state index < -0.39 is 5.54 Å². The minimum Gasteiger partial charge on any atom is -0.509 e. The number of carbonyl (C=O) groups is 1. The third-order valence-corrected chi connectivity index (χ3v) is 4.75. The number of aryl methyl sites for hydroxylation is 1. The number of rotatable bonds is 4. The van der Waals surface area contributed by atoms with E-state index >= 15 is 0 Å². The molecule has 0 saturated carbocycles. The largest absolute Gasteiger partial charge is 0.509 e. The number of amides is 1. The van der Waals surface area contributed by atoms with E-state index in [-0.39, 0.29) is 18.3 Å². The lowest BCUT2D eigenvalue weighted by Gasteiger charge is -2.23. The summed E-state index contributed by atoms with van der Waals surface area (Å²) in [6.07, 6.45) is 0. The predicted octanol–water partition coefficient (Wildman–Crippen LogP) is 4.12. The molecule has 2 aromatic rings. The lowest BCUT2D eigenvalue weighted by molar-refractivity contribution is -0.116. The Labute approximate surface area is 152 Å². The van der Waals surface area contributed by atoms with Crippen molar-refractivity contribution in [2.45, 2.75) is 19.4 Å². The molecule has 2 aromatic carbocycles. The molecule has 1 atom stereocenters. The van der Waals surface area contributed by atoms with E-state index in [4.69, 9.17) is 16.3 Å². The van der Waals surface area contributed by atoms with E-state index in [2.05, 4.69) is 5.32 Å². The zero-order valence-corrected chi connectivity index (χ0v) is 15.1. The molecule has 0 spiro atoms. The van der Waals surface area contributed by atoms with Crippen molar-refractivity contribution in [2.75, 3.05) is 13.7 Å². The van der Waals surface area contributed by atoms with Crippen LogP contribution in [0.3, 0.4) is 0 Å². The summed E-state index contributed by atoms with van der Waals surface area (Å²) >= 11 is 5.95. The molecule has 0 aliphatic carbocycles. The first-order valence-electron chi connectivity index (χ1n) is 7.98. The topological polar surface area (TPSA) is 58.6 Å². The molecule has 2 N–H and O–H groups in total. The number of nitrogens with one attached hydrogen (secondary N) is 1. The highest BCUT2D eigenvalue weighted by Gasteiger charge is 2.42. The molecular weight excluding hydrogens is 338 g/mol. The molecule has 5 heteroatoms. The Kier molecular flexibility index (Phi) is 4.58. The van der Waals surface area contributed by atoms with Crippen LogP contribution < -0.4 is 5.32 Å². The van der Waals surface area contributed by atoms with Crippen LogP contribution in [0.1, 0.15) is 18.1 Å². The number of hydrogen-bond acceptors (Lipinski definition) is 3. The molecule has 1 unspecified atom stereocenters. The van der Waals surface area contributed by atoms with Crippen molar-refractivity contribution >= 4 is 23.1 Å². The van der Waals surface area contributed by atoms with Gasteiger partial charge in [0.1, 0.15) is 11.3 Å². The van der Waals surface area contributed by atoms with E-state index in [1.165, 1.54) is 7.11 Å². The second-order valence-electron chi connectivity index (χ2n) is 6.48. The number of hydrogen-bond donors (Lipinski definition) is 2. The summed E-state index contributed by atoms with van der Waals surface area (Å²) in [7, 11) is 1.54. The van der Waals surface area contributed by atoms with Crippen LogP contribution >= 0.6 is 11.6 Å². The summed E-state index contributed by atoms with van der Waals surface area (Å²) in [5.41, 5.74) is 2.95. The van der Waals surface area contributed by atoms with Gasteiger partial charge in [0, 0.05) is 12.1 Å². The molecule has 0 radical (unpaired) electrons. The maximum absolute atomic E-state index is 12.5. The lowest BCUT2D eigenvalue weighted by Crippen LogP contribution is -2.45. The standard InChI is InChI=1S/C20H20ClNO3/c1-12-4-5-14(13-6-8-15(21)9-7-13)10-16(12)17-18(23)20(2,11-25-3)22-19(17)24/h4-10,23H,11H2,1-3H3,(H,22,24). The molecule has 0 saturated heterocycles. The fourth-order valence-corrected chi connectivity index (χ4v) is 3.24. The number of carbonyl (C=O) groups excluding carboxylic acids is 1. The second kappa shape index (κ2) is 6.54. The van der Waals surface area contributed by atoms with Gasteiger partial charge in [-0.25, -0.2) is 0 Å². The van der Waals surface area contributed by atoms with Crippen LogP contribution in [0.5, 0.6) is 0 Å². The minimum absolute atomic E-state index is 0.00991. The van der Waals surface area contributed by atoms with Crippen LogP contribution in [0.2, 0.25) is 5.02 Å². The van der Waals surface area contributed by atoms with Gasteiger partial charge in [-0.3, -0.25) is 4.79 Å². The Bertz CT molecular complexity index is 858. The minimum atomic E-state index is -0.913. The number of ether oxygens (including phenoxy) is 1. The maximum Gasteiger partial charge on any atom is 0.256 e. The van der Waals surface area contributed by atoms with Crippen molar-refractivity contribution in [3.63, 3.8) is 0 Å². The molecular formula is C20H20ClNO3. The van der Waals surface area contributed by atoms with Crippen LogP contribution in [-0.4, -0.2) is 30.3 Å². The molecule has 0 bridgehead atoms. The summed E-state index contributed by atoms with van der Waals surface area (Å²) in [6, 6.07) is 13.3. The van der Waals surface area contributed by atoms with Gasteiger partial charge in [0.25, 0.3) is 5.91 Å². The van der Waals surface area contributed by atoms with Gasteiger partial charge in [0.05, 0.1) is 12.2 Å². The van der Waals surface area contributed by atoms with Gasteiger partial charge in [0.2, 0.25) is 0 Å². The number of benzene rings is 2.